The summed E-state index contributed by atoms with van der Waals surface area (Å²) < 4.78 is 21.7. The SMILES string of the molecule is Cc1ccc(NCCCS(C)(=O)=O)cc1. The molecule has 1 N–H and O–H groups in total. The maximum Gasteiger partial charge on any atom is 0.147 e. The van der Waals surface area contributed by atoms with Crippen molar-refractivity contribution in [2.45, 2.75) is 13.3 Å². The van der Waals surface area contributed by atoms with Crippen LogP contribution in [-0.2, 0) is 9.84 Å². The second-order valence-electron chi connectivity index (χ2n) is 3.78. The van der Waals surface area contributed by atoms with E-state index in [0.717, 1.165) is 5.69 Å². The quantitative estimate of drug-likeness (QED) is 0.781. The predicted molar refractivity (Wildman–Crippen MR) is 64.0 cm³/mol. The lowest BCUT2D eigenvalue weighted by Crippen LogP contribution is -2.09. The molecule has 0 aromatic heterocycles. The molecule has 15 heavy (non-hydrogen) atoms. The van der Waals surface area contributed by atoms with Crippen LogP contribution in [0.3, 0.4) is 0 Å². The lowest BCUT2D eigenvalue weighted by molar-refractivity contribution is 0.600. The van der Waals surface area contributed by atoms with Gasteiger partial charge in [0.25, 0.3) is 0 Å². The molecule has 0 aliphatic heterocycles. The molecule has 1 rings (SSSR count). The monoisotopic (exact) mass is 227 g/mol. The van der Waals surface area contributed by atoms with E-state index in [1.165, 1.54) is 11.8 Å². The number of hydrogen-bond donors (Lipinski definition) is 1. The number of rotatable bonds is 5. The number of hydrogen-bond acceptors (Lipinski definition) is 3. The van der Waals surface area contributed by atoms with Crippen LogP contribution in [0, 0.1) is 6.92 Å². The summed E-state index contributed by atoms with van der Waals surface area (Å²) in [6.07, 6.45) is 1.91. The fraction of sp³-hybridized carbons (Fsp3) is 0.455. The van der Waals surface area contributed by atoms with Crippen molar-refractivity contribution in [1.82, 2.24) is 0 Å². The summed E-state index contributed by atoms with van der Waals surface area (Å²) in [6.45, 7) is 2.73. The van der Waals surface area contributed by atoms with E-state index in [2.05, 4.69) is 5.32 Å². The molecule has 0 saturated carbocycles. The van der Waals surface area contributed by atoms with Crippen molar-refractivity contribution in [2.75, 3.05) is 23.9 Å². The normalized spacial score (nSPS) is 11.3. The Morgan fingerprint density at radius 1 is 1.20 bits per heavy atom. The van der Waals surface area contributed by atoms with Crippen molar-refractivity contribution in [2.24, 2.45) is 0 Å². The van der Waals surface area contributed by atoms with Gasteiger partial charge in [-0.15, -0.1) is 0 Å². The van der Waals surface area contributed by atoms with Gasteiger partial charge in [-0.05, 0) is 25.5 Å². The van der Waals surface area contributed by atoms with Crippen LogP contribution in [0.4, 0.5) is 5.69 Å². The minimum Gasteiger partial charge on any atom is -0.385 e. The van der Waals surface area contributed by atoms with Gasteiger partial charge in [-0.3, -0.25) is 0 Å². The maximum atomic E-state index is 10.9. The Balaban J connectivity index is 2.29. The third-order valence-corrected chi connectivity index (χ3v) is 3.10. The Morgan fingerprint density at radius 3 is 2.33 bits per heavy atom. The molecule has 0 aliphatic carbocycles. The standard InChI is InChI=1S/C11H17NO2S/c1-10-4-6-11(7-5-10)12-8-3-9-15(2,13)14/h4-7,12H,3,8-9H2,1-2H3. The summed E-state index contributed by atoms with van der Waals surface area (Å²) in [4.78, 5) is 0. The summed E-state index contributed by atoms with van der Waals surface area (Å²) >= 11 is 0. The average molecular weight is 227 g/mol. The first-order chi connectivity index (χ1) is 6.97. The molecule has 0 radical (unpaired) electrons. The van der Waals surface area contributed by atoms with Crippen molar-refractivity contribution in [3.63, 3.8) is 0 Å². The van der Waals surface area contributed by atoms with Gasteiger partial charge in [0, 0.05) is 18.5 Å². The Labute approximate surface area is 91.4 Å². The molecule has 0 amide bonds. The first-order valence-electron chi connectivity index (χ1n) is 4.96. The van der Waals surface area contributed by atoms with Crippen LogP contribution >= 0.6 is 0 Å². The third kappa shape index (κ3) is 5.42. The summed E-state index contributed by atoms with van der Waals surface area (Å²) in [6, 6.07) is 8.04. The van der Waals surface area contributed by atoms with E-state index in [-0.39, 0.29) is 5.75 Å². The number of benzene rings is 1. The van der Waals surface area contributed by atoms with Crippen LogP contribution in [0.15, 0.2) is 24.3 Å². The van der Waals surface area contributed by atoms with Gasteiger partial charge in [0.05, 0.1) is 5.75 Å². The van der Waals surface area contributed by atoms with Gasteiger partial charge in [-0.1, -0.05) is 17.7 Å². The van der Waals surface area contributed by atoms with Gasteiger partial charge >= 0.3 is 0 Å². The van der Waals surface area contributed by atoms with E-state index in [1.807, 2.05) is 31.2 Å². The molecule has 0 spiro atoms. The molecule has 0 saturated heterocycles. The number of aryl methyl sites for hydroxylation is 1. The smallest absolute Gasteiger partial charge is 0.147 e. The highest BCUT2D eigenvalue weighted by atomic mass is 32.2. The van der Waals surface area contributed by atoms with Gasteiger partial charge in [-0.25, -0.2) is 8.42 Å². The second kappa shape index (κ2) is 5.16. The number of sulfone groups is 1. The molecule has 0 unspecified atom stereocenters. The summed E-state index contributed by atoms with van der Waals surface area (Å²) in [5, 5.41) is 3.18. The zero-order valence-corrected chi connectivity index (χ0v) is 9.97. The molecule has 3 nitrogen and oxygen atoms in total. The van der Waals surface area contributed by atoms with Crippen LogP contribution < -0.4 is 5.32 Å². The molecule has 0 atom stereocenters. The van der Waals surface area contributed by atoms with E-state index in [4.69, 9.17) is 0 Å². The fourth-order valence-electron chi connectivity index (χ4n) is 1.24. The third-order valence-electron chi connectivity index (χ3n) is 2.07. The van der Waals surface area contributed by atoms with Crippen molar-refractivity contribution >= 4 is 15.5 Å². The summed E-state index contributed by atoms with van der Waals surface area (Å²) in [7, 11) is -2.83. The minimum atomic E-state index is -2.83. The average Bonchev–Trinajstić information content (AvgIpc) is 2.14. The van der Waals surface area contributed by atoms with Crippen molar-refractivity contribution in [3.05, 3.63) is 29.8 Å². The van der Waals surface area contributed by atoms with Crippen molar-refractivity contribution in [1.29, 1.82) is 0 Å². The molecular formula is C11H17NO2S. The van der Waals surface area contributed by atoms with E-state index >= 15 is 0 Å². The Morgan fingerprint density at radius 2 is 1.80 bits per heavy atom. The molecular weight excluding hydrogens is 210 g/mol. The zero-order valence-electron chi connectivity index (χ0n) is 9.16. The Bertz CT molecular complexity index is 395. The van der Waals surface area contributed by atoms with Crippen molar-refractivity contribution in [3.8, 4) is 0 Å². The maximum absolute atomic E-state index is 10.9. The van der Waals surface area contributed by atoms with Gasteiger partial charge in [-0.2, -0.15) is 0 Å². The van der Waals surface area contributed by atoms with Crippen LogP contribution in [0.5, 0.6) is 0 Å². The molecule has 4 heteroatoms. The van der Waals surface area contributed by atoms with E-state index in [0.29, 0.717) is 13.0 Å². The molecule has 1 aromatic carbocycles. The highest BCUT2D eigenvalue weighted by Gasteiger charge is 2.00. The van der Waals surface area contributed by atoms with E-state index < -0.39 is 9.84 Å². The molecule has 0 aliphatic rings. The number of nitrogens with one attached hydrogen (secondary N) is 1. The highest BCUT2D eigenvalue weighted by molar-refractivity contribution is 7.90. The van der Waals surface area contributed by atoms with E-state index in [9.17, 15) is 8.42 Å². The Kier molecular flexibility index (Phi) is 4.15. The van der Waals surface area contributed by atoms with Crippen molar-refractivity contribution < 1.29 is 8.42 Å². The van der Waals surface area contributed by atoms with E-state index in [1.54, 1.807) is 0 Å². The number of anilines is 1. The Hall–Kier alpha value is -1.03. The fourth-order valence-corrected chi connectivity index (χ4v) is 1.91. The highest BCUT2D eigenvalue weighted by Crippen LogP contribution is 2.08. The predicted octanol–water partition coefficient (Wildman–Crippen LogP) is 1.84. The largest absolute Gasteiger partial charge is 0.385 e. The second-order valence-corrected chi connectivity index (χ2v) is 6.04. The van der Waals surface area contributed by atoms with Crippen LogP contribution in [0.2, 0.25) is 0 Å². The topological polar surface area (TPSA) is 46.2 Å². The lowest BCUT2D eigenvalue weighted by atomic mass is 10.2. The van der Waals surface area contributed by atoms with Crippen LogP contribution in [0.1, 0.15) is 12.0 Å². The molecule has 84 valence electrons. The minimum absolute atomic E-state index is 0.242. The summed E-state index contributed by atoms with van der Waals surface area (Å²) in [5.74, 6) is 0.242. The van der Waals surface area contributed by atoms with Gasteiger partial charge in [0.1, 0.15) is 9.84 Å². The van der Waals surface area contributed by atoms with Gasteiger partial charge in [0.15, 0.2) is 0 Å². The van der Waals surface area contributed by atoms with Gasteiger partial charge in [0.2, 0.25) is 0 Å². The summed E-state index contributed by atoms with van der Waals surface area (Å²) in [5.41, 5.74) is 2.26. The first-order valence-corrected chi connectivity index (χ1v) is 7.02. The molecule has 0 heterocycles. The van der Waals surface area contributed by atoms with Gasteiger partial charge < -0.3 is 5.32 Å². The molecule has 0 fully saturated rings. The zero-order chi connectivity index (χ0) is 11.3. The lowest BCUT2D eigenvalue weighted by Gasteiger charge is -2.05. The first kappa shape index (κ1) is 12.0. The van der Waals surface area contributed by atoms with Crippen LogP contribution in [0.25, 0.3) is 0 Å². The van der Waals surface area contributed by atoms with Crippen LogP contribution in [-0.4, -0.2) is 27.0 Å². The molecule has 1 aromatic rings. The molecule has 0 bridgehead atoms.